The Labute approximate surface area is 102 Å². The highest BCUT2D eigenvalue weighted by atomic mass is 35.5. The zero-order valence-electron chi connectivity index (χ0n) is 8.09. The van der Waals surface area contributed by atoms with Gasteiger partial charge in [0.05, 0.1) is 0 Å². The first-order valence-electron chi connectivity index (χ1n) is 4.32. The van der Waals surface area contributed by atoms with Crippen LogP contribution in [0.3, 0.4) is 0 Å². The maximum atomic E-state index is 3.30. The minimum atomic E-state index is 0. The highest BCUT2D eigenvalue weighted by Crippen LogP contribution is 2.14. The molecule has 0 atom stereocenters. The van der Waals surface area contributed by atoms with Gasteiger partial charge in [0.1, 0.15) is 0 Å². The van der Waals surface area contributed by atoms with Gasteiger partial charge >= 0.3 is 0 Å². The predicted octanol–water partition coefficient (Wildman–Crippen LogP) is 4.27. The van der Waals surface area contributed by atoms with Gasteiger partial charge in [0.25, 0.3) is 0 Å². The number of rotatable bonds is 2. The van der Waals surface area contributed by atoms with Crippen molar-refractivity contribution in [2.45, 2.75) is 0 Å². The molecular weight excluding hydrogens is 229 g/mol. The summed E-state index contributed by atoms with van der Waals surface area (Å²) in [4.78, 5) is 0. The molecule has 3 heteroatoms. The predicted molar refractivity (Wildman–Crippen MR) is 70.7 cm³/mol. The fraction of sp³-hybridized carbons (Fsp3) is 0. The van der Waals surface area contributed by atoms with Crippen LogP contribution in [-0.4, -0.2) is 0 Å². The van der Waals surface area contributed by atoms with Gasteiger partial charge in [0.15, 0.2) is 0 Å². The number of hydrogen-bond acceptors (Lipinski definition) is 1. The molecule has 1 nitrogen and oxygen atoms in total. The van der Waals surface area contributed by atoms with Crippen LogP contribution >= 0.6 is 24.8 Å². The summed E-state index contributed by atoms with van der Waals surface area (Å²) in [6.45, 7) is 0. The van der Waals surface area contributed by atoms with Gasteiger partial charge in [-0.25, -0.2) is 0 Å². The molecule has 80 valence electrons. The maximum Gasteiger partial charge on any atom is 0.0384 e. The van der Waals surface area contributed by atoms with Crippen molar-refractivity contribution in [2.75, 3.05) is 5.32 Å². The minimum Gasteiger partial charge on any atom is -0.356 e. The quantitative estimate of drug-likeness (QED) is 0.828. The summed E-state index contributed by atoms with van der Waals surface area (Å²) >= 11 is 0. The highest BCUT2D eigenvalue weighted by molar-refractivity contribution is 5.85. The van der Waals surface area contributed by atoms with E-state index in [1.54, 1.807) is 0 Å². The van der Waals surface area contributed by atoms with E-state index in [2.05, 4.69) is 5.32 Å². The van der Waals surface area contributed by atoms with Crippen LogP contribution in [0.5, 0.6) is 0 Å². The van der Waals surface area contributed by atoms with E-state index in [0.717, 1.165) is 11.4 Å². The van der Waals surface area contributed by atoms with Crippen LogP contribution in [0.25, 0.3) is 0 Å². The first kappa shape index (κ1) is 13.8. The normalized spacial score (nSPS) is 8.27. The van der Waals surface area contributed by atoms with Crippen LogP contribution in [0.15, 0.2) is 60.7 Å². The molecule has 0 saturated heterocycles. The van der Waals surface area contributed by atoms with Crippen molar-refractivity contribution in [3.8, 4) is 0 Å². The van der Waals surface area contributed by atoms with Crippen LogP contribution < -0.4 is 5.32 Å². The van der Waals surface area contributed by atoms with E-state index in [-0.39, 0.29) is 24.8 Å². The molecule has 0 saturated carbocycles. The lowest BCUT2D eigenvalue weighted by Gasteiger charge is -2.04. The van der Waals surface area contributed by atoms with Crippen molar-refractivity contribution < 1.29 is 0 Å². The SMILES string of the molecule is Cl.Cl.c1ccc(Nc2ccccc2)cc1. The average Bonchev–Trinajstić information content (AvgIpc) is 2.21. The lowest BCUT2D eigenvalue weighted by atomic mass is 10.3. The minimum absolute atomic E-state index is 0. The van der Waals surface area contributed by atoms with Crippen molar-refractivity contribution in [3.05, 3.63) is 60.7 Å². The Hall–Kier alpha value is -1.18. The van der Waals surface area contributed by atoms with Crippen LogP contribution in [0, 0.1) is 0 Å². The zero-order chi connectivity index (χ0) is 8.93. The second kappa shape index (κ2) is 7.16. The number of benzene rings is 2. The molecule has 0 aliphatic rings. The zero-order valence-corrected chi connectivity index (χ0v) is 9.72. The van der Waals surface area contributed by atoms with Gasteiger partial charge in [-0.05, 0) is 24.3 Å². The van der Waals surface area contributed by atoms with Gasteiger partial charge in [0.2, 0.25) is 0 Å². The van der Waals surface area contributed by atoms with E-state index in [0.29, 0.717) is 0 Å². The highest BCUT2D eigenvalue weighted by Gasteiger charge is 1.89. The summed E-state index contributed by atoms with van der Waals surface area (Å²) in [5, 5.41) is 3.30. The molecule has 1 N–H and O–H groups in total. The van der Waals surface area contributed by atoms with Gasteiger partial charge in [-0.3, -0.25) is 0 Å². The van der Waals surface area contributed by atoms with Crippen molar-refractivity contribution in [2.24, 2.45) is 0 Å². The molecule has 2 rings (SSSR count). The molecule has 0 unspecified atom stereocenters. The Morgan fingerprint density at radius 3 is 1.20 bits per heavy atom. The molecule has 2 aromatic rings. The number of hydrogen-bond donors (Lipinski definition) is 1. The monoisotopic (exact) mass is 241 g/mol. The maximum absolute atomic E-state index is 3.30. The summed E-state index contributed by atoms with van der Waals surface area (Å²) in [5.41, 5.74) is 2.24. The Morgan fingerprint density at radius 1 is 0.533 bits per heavy atom. The molecule has 0 aromatic heterocycles. The molecule has 15 heavy (non-hydrogen) atoms. The largest absolute Gasteiger partial charge is 0.356 e. The number of anilines is 2. The molecule has 0 bridgehead atoms. The van der Waals surface area contributed by atoms with E-state index in [9.17, 15) is 0 Å². The molecule has 0 aliphatic carbocycles. The van der Waals surface area contributed by atoms with Gasteiger partial charge in [0, 0.05) is 11.4 Å². The third kappa shape index (κ3) is 4.24. The topological polar surface area (TPSA) is 12.0 Å². The fourth-order valence-corrected chi connectivity index (χ4v) is 1.21. The number of halogens is 2. The summed E-state index contributed by atoms with van der Waals surface area (Å²) in [6.07, 6.45) is 0. The van der Waals surface area contributed by atoms with Crippen LogP contribution in [0.1, 0.15) is 0 Å². The molecule has 0 spiro atoms. The summed E-state index contributed by atoms with van der Waals surface area (Å²) < 4.78 is 0. The molecular formula is C12H13Cl2N. The Morgan fingerprint density at radius 2 is 0.867 bits per heavy atom. The van der Waals surface area contributed by atoms with Crippen LogP contribution in [0.4, 0.5) is 11.4 Å². The van der Waals surface area contributed by atoms with Gasteiger partial charge in [-0.15, -0.1) is 24.8 Å². The lowest BCUT2D eigenvalue weighted by Crippen LogP contribution is -1.87. The fourth-order valence-electron chi connectivity index (χ4n) is 1.21. The van der Waals surface area contributed by atoms with E-state index in [1.807, 2.05) is 60.7 Å². The summed E-state index contributed by atoms with van der Waals surface area (Å²) in [5.74, 6) is 0. The molecule has 0 radical (unpaired) electrons. The Bertz CT molecular complexity index is 324. The van der Waals surface area contributed by atoms with Crippen molar-refractivity contribution in [3.63, 3.8) is 0 Å². The van der Waals surface area contributed by atoms with Gasteiger partial charge in [-0.2, -0.15) is 0 Å². The lowest BCUT2D eigenvalue weighted by molar-refractivity contribution is 1.55. The van der Waals surface area contributed by atoms with E-state index >= 15 is 0 Å². The van der Waals surface area contributed by atoms with Gasteiger partial charge in [-0.1, -0.05) is 36.4 Å². The third-order valence-electron chi connectivity index (χ3n) is 1.84. The van der Waals surface area contributed by atoms with E-state index in [1.165, 1.54) is 0 Å². The van der Waals surface area contributed by atoms with Crippen molar-refractivity contribution >= 4 is 36.2 Å². The second-order valence-electron chi connectivity index (χ2n) is 2.86. The van der Waals surface area contributed by atoms with Crippen molar-refractivity contribution in [1.82, 2.24) is 0 Å². The third-order valence-corrected chi connectivity index (χ3v) is 1.84. The molecule has 0 heterocycles. The first-order valence-corrected chi connectivity index (χ1v) is 4.32. The number of nitrogens with one attached hydrogen (secondary N) is 1. The first-order chi connectivity index (χ1) is 6.45. The standard InChI is InChI=1S/C12H11N.2ClH/c1-3-7-11(8-4-1)13-12-9-5-2-6-10-12;;/h1-10,13H;2*1H. The molecule has 0 fully saturated rings. The summed E-state index contributed by atoms with van der Waals surface area (Å²) in [7, 11) is 0. The van der Waals surface area contributed by atoms with E-state index in [4.69, 9.17) is 0 Å². The molecule has 0 aliphatic heterocycles. The van der Waals surface area contributed by atoms with Crippen molar-refractivity contribution in [1.29, 1.82) is 0 Å². The molecule has 2 aromatic carbocycles. The molecule has 0 amide bonds. The average molecular weight is 242 g/mol. The van der Waals surface area contributed by atoms with Gasteiger partial charge < -0.3 is 5.32 Å². The van der Waals surface area contributed by atoms with Crippen LogP contribution in [0.2, 0.25) is 0 Å². The Balaban J connectivity index is 0.000000980. The number of para-hydroxylation sites is 2. The smallest absolute Gasteiger partial charge is 0.0384 e. The summed E-state index contributed by atoms with van der Waals surface area (Å²) in [6, 6.07) is 20.3. The van der Waals surface area contributed by atoms with Crippen LogP contribution in [-0.2, 0) is 0 Å². The Kier molecular flexibility index (Phi) is 6.59. The second-order valence-corrected chi connectivity index (χ2v) is 2.86. The van der Waals surface area contributed by atoms with E-state index < -0.39 is 0 Å².